The van der Waals surface area contributed by atoms with E-state index in [1.54, 1.807) is 0 Å². The van der Waals surface area contributed by atoms with Crippen molar-refractivity contribution >= 4 is 22.3 Å². The van der Waals surface area contributed by atoms with E-state index in [9.17, 15) is 9.90 Å². The monoisotopic (exact) mass is 328 g/mol. The predicted molar refractivity (Wildman–Crippen MR) is 93.6 cm³/mol. The van der Waals surface area contributed by atoms with E-state index in [2.05, 4.69) is 44.0 Å². The molecule has 1 N–H and O–H groups in total. The van der Waals surface area contributed by atoms with E-state index in [1.807, 2.05) is 10.6 Å². The summed E-state index contributed by atoms with van der Waals surface area (Å²) >= 11 is 1.26. The number of hydrogen-bond acceptors (Lipinski definition) is 3. The molecule has 5 heteroatoms. The Hall–Kier alpha value is -2.14. The van der Waals surface area contributed by atoms with Crippen molar-refractivity contribution in [2.45, 2.75) is 40.0 Å². The predicted octanol–water partition coefficient (Wildman–Crippen LogP) is 4.72. The fraction of sp³-hybridized carbons (Fsp3) is 0.333. The maximum Gasteiger partial charge on any atom is 0.347 e. The second kappa shape index (κ2) is 6.16. The Bertz CT molecular complexity index is 877. The molecule has 0 aliphatic carbocycles. The summed E-state index contributed by atoms with van der Waals surface area (Å²) < 4.78 is 1.96. The minimum atomic E-state index is -0.861. The summed E-state index contributed by atoms with van der Waals surface area (Å²) in [6.07, 6.45) is 4.75. The zero-order chi connectivity index (χ0) is 16.6. The number of carboxylic acid groups (broad SMARTS) is 1. The second-order valence-corrected chi connectivity index (χ2v) is 6.86. The molecule has 0 bridgehead atoms. The highest BCUT2D eigenvalue weighted by Crippen LogP contribution is 2.30. The van der Waals surface area contributed by atoms with Gasteiger partial charge in [0.15, 0.2) is 4.96 Å². The number of fused-ring (bicyclic) bond motifs is 1. The number of unbranched alkanes of at least 4 members (excludes halogenated alkanes) is 1. The quantitative estimate of drug-likeness (QED) is 0.737. The Morgan fingerprint density at radius 1 is 1.35 bits per heavy atom. The molecule has 120 valence electrons. The van der Waals surface area contributed by atoms with E-state index in [-0.39, 0.29) is 0 Å². The van der Waals surface area contributed by atoms with E-state index < -0.39 is 5.97 Å². The number of nitrogens with zero attached hydrogens (tertiary/aromatic N) is 2. The van der Waals surface area contributed by atoms with Crippen LogP contribution in [0.15, 0.2) is 24.4 Å². The molecule has 0 aliphatic heterocycles. The molecule has 3 aromatic rings. The number of aromatic nitrogens is 2. The molecule has 0 atom stereocenters. The average Bonchev–Trinajstić information content (AvgIpc) is 3.03. The molecular formula is C18H20N2O2S. The fourth-order valence-corrected chi connectivity index (χ4v) is 3.86. The van der Waals surface area contributed by atoms with Crippen LogP contribution in [0.3, 0.4) is 0 Å². The van der Waals surface area contributed by atoms with Gasteiger partial charge in [-0.05, 0) is 32.3 Å². The number of hydrogen-bond donors (Lipinski definition) is 1. The van der Waals surface area contributed by atoms with Crippen LogP contribution in [0.2, 0.25) is 0 Å². The van der Waals surface area contributed by atoms with Crippen molar-refractivity contribution in [3.05, 3.63) is 46.1 Å². The molecule has 4 nitrogen and oxygen atoms in total. The van der Waals surface area contributed by atoms with E-state index in [4.69, 9.17) is 0 Å². The first-order valence-corrected chi connectivity index (χ1v) is 8.64. The Morgan fingerprint density at radius 2 is 2.13 bits per heavy atom. The molecular weight excluding hydrogens is 308 g/mol. The summed E-state index contributed by atoms with van der Waals surface area (Å²) in [6, 6.07) is 6.31. The summed E-state index contributed by atoms with van der Waals surface area (Å²) in [5.41, 5.74) is 5.28. The van der Waals surface area contributed by atoms with Crippen molar-refractivity contribution in [2.24, 2.45) is 0 Å². The molecule has 2 heterocycles. The molecule has 0 spiro atoms. The number of benzene rings is 1. The number of carboxylic acids is 1. The Labute approximate surface area is 139 Å². The van der Waals surface area contributed by atoms with Crippen molar-refractivity contribution in [2.75, 3.05) is 0 Å². The number of rotatable bonds is 5. The molecule has 0 saturated heterocycles. The first kappa shape index (κ1) is 15.7. The normalized spacial score (nSPS) is 11.3. The van der Waals surface area contributed by atoms with Crippen molar-refractivity contribution in [1.29, 1.82) is 0 Å². The molecule has 0 fully saturated rings. The number of aryl methyl sites for hydroxylation is 3. The van der Waals surface area contributed by atoms with Crippen LogP contribution in [-0.2, 0) is 6.42 Å². The van der Waals surface area contributed by atoms with E-state index >= 15 is 0 Å². The van der Waals surface area contributed by atoms with Gasteiger partial charge >= 0.3 is 5.97 Å². The minimum Gasteiger partial charge on any atom is -0.477 e. The third-order valence-electron chi connectivity index (χ3n) is 4.04. The van der Waals surface area contributed by atoms with Crippen LogP contribution in [0.5, 0.6) is 0 Å². The van der Waals surface area contributed by atoms with Gasteiger partial charge < -0.3 is 5.11 Å². The lowest BCUT2D eigenvalue weighted by molar-refractivity contribution is 0.0700. The SMILES string of the molecule is CCCCc1c(C(=O)O)sc2nc(-c3ccc(C)cc3C)cn12. The van der Waals surface area contributed by atoms with Gasteiger partial charge in [0.05, 0.1) is 5.69 Å². The molecule has 0 unspecified atom stereocenters. The summed E-state index contributed by atoms with van der Waals surface area (Å²) in [5.74, 6) is -0.861. The number of imidazole rings is 1. The third kappa shape index (κ3) is 2.88. The lowest BCUT2D eigenvalue weighted by atomic mass is 10.0. The molecule has 3 rings (SSSR count). The maximum absolute atomic E-state index is 11.5. The van der Waals surface area contributed by atoms with Crippen LogP contribution in [0, 0.1) is 13.8 Å². The van der Waals surface area contributed by atoms with Crippen molar-refractivity contribution in [3.8, 4) is 11.3 Å². The highest BCUT2D eigenvalue weighted by Gasteiger charge is 2.20. The number of aromatic carboxylic acids is 1. The van der Waals surface area contributed by atoms with Crippen molar-refractivity contribution in [3.63, 3.8) is 0 Å². The Kier molecular flexibility index (Phi) is 4.22. The van der Waals surface area contributed by atoms with Gasteiger partial charge in [0.25, 0.3) is 0 Å². The summed E-state index contributed by atoms with van der Waals surface area (Å²) in [4.78, 5) is 17.3. The molecule has 2 aromatic heterocycles. The van der Waals surface area contributed by atoms with Gasteiger partial charge in [0.1, 0.15) is 4.88 Å². The van der Waals surface area contributed by atoms with E-state index in [0.717, 1.165) is 41.2 Å². The highest BCUT2D eigenvalue weighted by molar-refractivity contribution is 7.19. The fourth-order valence-electron chi connectivity index (χ4n) is 2.86. The second-order valence-electron chi connectivity index (χ2n) is 5.88. The van der Waals surface area contributed by atoms with Gasteiger partial charge in [-0.1, -0.05) is 48.4 Å². The molecule has 0 amide bonds. The largest absolute Gasteiger partial charge is 0.477 e. The molecule has 0 saturated carbocycles. The van der Waals surface area contributed by atoms with Crippen molar-refractivity contribution < 1.29 is 9.90 Å². The smallest absolute Gasteiger partial charge is 0.347 e. The Morgan fingerprint density at radius 3 is 2.78 bits per heavy atom. The van der Waals surface area contributed by atoms with Gasteiger partial charge in [-0.15, -0.1) is 0 Å². The van der Waals surface area contributed by atoms with Crippen LogP contribution in [0.4, 0.5) is 0 Å². The van der Waals surface area contributed by atoms with Crippen LogP contribution in [0.25, 0.3) is 16.2 Å². The van der Waals surface area contributed by atoms with Crippen LogP contribution in [-0.4, -0.2) is 20.5 Å². The van der Waals surface area contributed by atoms with E-state index in [1.165, 1.54) is 22.5 Å². The lowest BCUT2D eigenvalue weighted by Crippen LogP contribution is -2.01. The van der Waals surface area contributed by atoms with Crippen LogP contribution in [0.1, 0.15) is 46.3 Å². The molecule has 1 aromatic carbocycles. The minimum absolute atomic E-state index is 0.410. The van der Waals surface area contributed by atoms with Gasteiger partial charge in [-0.2, -0.15) is 0 Å². The third-order valence-corrected chi connectivity index (χ3v) is 5.12. The summed E-state index contributed by atoms with van der Waals surface area (Å²) in [5, 5.41) is 9.41. The maximum atomic E-state index is 11.5. The standard InChI is InChI=1S/C18H20N2O2S/c1-4-5-6-15-16(17(21)22)23-18-19-14(10-20(15)18)13-8-7-11(2)9-12(13)3/h7-10H,4-6H2,1-3H3,(H,21,22). The van der Waals surface area contributed by atoms with Gasteiger partial charge in [0.2, 0.25) is 0 Å². The molecule has 0 radical (unpaired) electrons. The average molecular weight is 328 g/mol. The zero-order valence-electron chi connectivity index (χ0n) is 13.6. The highest BCUT2D eigenvalue weighted by atomic mass is 32.1. The van der Waals surface area contributed by atoms with Crippen LogP contribution >= 0.6 is 11.3 Å². The van der Waals surface area contributed by atoms with Gasteiger partial charge in [-0.3, -0.25) is 4.40 Å². The number of carbonyl (C=O) groups is 1. The first-order chi connectivity index (χ1) is 11.0. The topological polar surface area (TPSA) is 54.6 Å². The summed E-state index contributed by atoms with van der Waals surface area (Å²) in [7, 11) is 0. The first-order valence-electron chi connectivity index (χ1n) is 7.83. The molecule has 23 heavy (non-hydrogen) atoms. The number of thiazole rings is 1. The summed E-state index contributed by atoms with van der Waals surface area (Å²) in [6.45, 7) is 6.26. The van der Waals surface area contributed by atoms with Crippen molar-refractivity contribution in [1.82, 2.24) is 9.38 Å². The molecule has 0 aliphatic rings. The van der Waals surface area contributed by atoms with Gasteiger partial charge in [-0.25, -0.2) is 9.78 Å². The Balaban J connectivity index is 2.11. The van der Waals surface area contributed by atoms with Crippen LogP contribution < -0.4 is 0 Å². The zero-order valence-corrected chi connectivity index (χ0v) is 14.4. The van der Waals surface area contributed by atoms with Gasteiger partial charge in [0, 0.05) is 17.5 Å². The lowest BCUT2D eigenvalue weighted by Gasteiger charge is -2.04. The van der Waals surface area contributed by atoms with E-state index in [0.29, 0.717) is 4.88 Å².